The van der Waals surface area contributed by atoms with Crippen molar-refractivity contribution in [3.63, 3.8) is 0 Å². The number of anilines is 4. The predicted molar refractivity (Wildman–Crippen MR) is 381 cm³/mol. The number of benzene rings is 9. The normalized spacial score (nSPS) is 15.5. The molecular weight excluding hydrogens is 1240 g/mol. The van der Waals surface area contributed by atoms with Gasteiger partial charge in [-0.2, -0.15) is 0 Å². The number of carbonyl (C=O) groups is 6. The molecule has 0 aliphatic carbocycles. The topological polar surface area (TPSA) is 143 Å². The Hall–Kier alpha value is -9.55. The summed E-state index contributed by atoms with van der Waals surface area (Å²) in [5.74, 6) is 0.985. The maximum absolute atomic E-state index is 13.2. The highest BCUT2D eigenvalue weighted by Crippen LogP contribution is 2.41. The number of piperazine rings is 3. The van der Waals surface area contributed by atoms with Crippen LogP contribution in [0.2, 0.25) is 0 Å². The van der Waals surface area contributed by atoms with Crippen LogP contribution in [-0.4, -0.2) is 136 Å². The van der Waals surface area contributed by atoms with Crippen LogP contribution in [0.1, 0.15) is 91.8 Å². The number of rotatable bonds is 7. The van der Waals surface area contributed by atoms with Crippen LogP contribution in [0.15, 0.2) is 230 Å². The summed E-state index contributed by atoms with van der Waals surface area (Å²) < 4.78 is 5.23. The largest absolute Gasteiger partial charge is 0.497 e. The Balaban J connectivity index is 0.000000136. The van der Waals surface area contributed by atoms with Crippen molar-refractivity contribution in [3.05, 3.63) is 256 Å². The molecule has 9 aromatic carbocycles. The molecule has 0 spiro atoms. The van der Waals surface area contributed by atoms with E-state index < -0.39 is 0 Å². The van der Waals surface area contributed by atoms with E-state index >= 15 is 0 Å². The van der Waals surface area contributed by atoms with Gasteiger partial charge in [0.1, 0.15) is 5.75 Å². The third-order valence-corrected chi connectivity index (χ3v) is 21.4. The first kappa shape index (κ1) is 65.5. The number of carbonyl (C=O) groups excluding carboxylic acids is 6. The number of hydrogen-bond acceptors (Lipinski definition) is 13. The summed E-state index contributed by atoms with van der Waals surface area (Å²) in [7, 11) is 1.66. The van der Waals surface area contributed by atoms with Gasteiger partial charge in [0.2, 0.25) is 0 Å². The Morgan fingerprint density at radius 1 is 0.379 bits per heavy atom. The van der Waals surface area contributed by atoms with E-state index in [-0.39, 0.29) is 42.6 Å². The molecular formula is C78H75N7O7S3. The zero-order valence-electron chi connectivity index (χ0n) is 52.7. The number of nitrogens with one attached hydrogen (secondary N) is 1. The maximum Gasteiger partial charge on any atom is 0.256 e. The van der Waals surface area contributed by atoms with Crippen molar-refractivity contribution >= 4 is 93.2 Å². The van der Waals surface area contributed by atoms with Crippen molar-refractivity contribution < 1.29 is 33.5 Å². The second kappa shape index (κ2) is 29.4. The van der Waals surface area contributed by atoms with E-state index in [0.717, 1.165) is 102 Å². The van der Waals surface area contributed by atoms with E-state index in [2.05, 4.69) is 82.4 Å². The molecule has 9 aromatic rings. The quantitative estimate of drug-likeness (QED) is 0.162. The van der Waals surface area contributed by atoms with E-state index in [4.69, 9.17) is 4.74 Å². The van der Waals surface area contributed by atoms with Gasteiger partial charge in [0.25, 0.3) is 23.6 Å². The van der Waals surface area contributed by atoms with Crippen molar-refractivity contribution in [2.24, 2.45) is 0 Å². The fourth-order valence-electron chi connectivity index (χ4n) is 12.5. The number of methoxy groups -OCH3 is 1. The van der Waals surface area contributed by atoms with Crippen molar-refractivity contribution in [2.45, 2.75) is 63.5 Å². The van der Waals surface area contributed by atoms with Crippen molar-refractivity contribution in [1.82, 2.24) is 14.7 Å². The molecule has 17 heteroatoms. The van der Waals surface area contributed by atoms with E-state index in [1.807, 2.05) is 160 Å². The SMILES string of the molecule is C.COc1ccc(N2CCN(C(=O)c3ccc4c(c3)NC(=O)c3ccccc3S4)CC2)cc1.Cc1ccc(N2CCN(C(=O)c3ccc4c(c3)CC(=O)c3ccccc3S4)CC2)cc1.Cc1ccc(N2CCN(C(=O)c3ccc4c(c3)CC(=O)c3ccccc3S4)CC2)cc1. The first-order valence-electron chi connectivity index (χ1n) is 31.8. The first-order chi connectivity index (χ1) is 45.8. The highest BCUT2D eigenvalue weighted by Gasteiger charge is 2.30. The molecule has 0 saturated carbocycles. The molecule has 3 saturated heterocycles. The van der Waals surface area contributed by atoms with Crippen LogP contribution < -0.4 is 24.8 Å². The summed E-state index contributed by atoms with van der Waals surface area (Å²) in [6.45, 7) is 13.1. The molecule has 4 amide bonds. The standard InChI is InChI=1S/2C26H24N2O2S.C25H23N3O3S.CH4/c2*1-18-6-9-21(10-7-18)27-12-14-28(15-13-27)26(30)19-8-11-24-20(16-19)17-23(29)22-4-2-3-5-25(22)31-24;1-31-19-9-7-18(8-10-19)27-12-14-28(15-13-27)25(30)17-6-11-23-21(16-17)26-24(29)20-4-2-3-5-22(20)32-23;/h2*2-11,16H,12-15,17H2,1H3;2-11,16H,12-15H2,1H3,(H,26,29);1H4. The number of nitrogens with zero attached hydrogens (tertiary/aromatic N) is 6. The minimum absolute atomic E-state index is 0. The van der Waals surface area contributed by atoms with Crippen molar-refractivity contribution in [1.29, 1.82) is 0 Å². The van der Waals surface area contributed by atoms with Gasteiger partial charge in [0.05, 0.1) is 18.4 Å². The zero-order valence-corrected chi connectivity index (χ0v) is 55.2. The minimum atomic E-state index is -0.149. The fraction of sp³-hybridized carbons (Fsp3) is 0.231. The molecule has 482 valence electrons. The highest BCUT2D eigenvalue weighted by atomic mass is 32.2. The number of fused-ring (bicyclic) bond motifs is 6. The van der Waals surface area contributed by atoms with Crippen LogP contribution >= 0.6 is 35.3 Å². The van der Waals surface area contributed by atoms with Gasteiger partial charge in [-0.25, -0.2) is 0 Å². The summed E-state index contributed by atoms with van der Waals surface area (Å²) in [6, 6.07) is 65.3. The number of Topliss-reactive ketones (excluding diaryl/α,β-unsaturated/α-hetero) is 2. The molecule has 14 nitrogen and oxygen atoms in total. The minimum Gasteiger partial charge on any atom is -0.497 e. The van der Waals surface area contributed by atoms with Crippen molar-refractivity contribution in [2.75, 3.05) is 106 Å². The third kappa shape index (κ3) is 14.9. The molecule has 6 aliphatic heterocycles. The van der Waals surface area contributed by atoms with Crippen LogP contribution in [0.4, 0.5) is 22.7 Å². The van der Waals surface area contributed by atoms with Crippen LogP contribution in [0.3, 0.4) is 0 Å². The Labute approximate surface area is 568 Å². The van der Waals surface area contributed by atoms with Gasteiger partial charge in [-0.3, -0.25) is 28.8 Å². The summed E-state index contributed by atoms with van der Waals surface area (Å²) in [5, 5.41) is 2.97. The molecule has 1 N–H and O–H groups in total. The lowest BCUT2D eigenvalue weighted by atomic mass is 10.0. The number of aryl methyl sites for hydroxylation is 2. The summed E-state index contributed by atoms with van der Waals surface area (Å²) in [5.41, 5.74) is 12.7. The average Bonchev–Trinajstić information content (AvgIpc) is 1.75. The lowest BCUT2D eigenvalue weighted by molar-refractivity contribution is 0.0739. The van der Waals surface area contributed by atoms with E-state index in [1.54, 1.807) is 36.7 Å². The lowest BCUT2D eigenvalue weighted by Gasteiger charge is -2.36. The van der Waals surface area contributed by atoms with Crippen LogP contribution in [-0.2, 0) is 12.8 Å². The summed E-state index contributed by atoms with van der Waals surface area (Å²) >= 11 is 4.76. The number of amides is 4. The first-order valence-corrected chi connectivity index (χ1v) is 34.2. The van der Waals surface area contributed by atoms with Crippen molar-refractivity contribution in [3.8, 4) is 5.75 Å². The van der Waals surface area contributed by atoms with E-state index in [1.165, 1.54) is 34.3 Å². The van der Waals surface area contributed by atoms with E-state index in [9.17, 15) is 28.8 Å². The summed E-state index contributed by atoms with van der Waals surface area (Å²) in [6.07, 6.45) is 0.670. The monoisotopic (exact) mass is 1320 g/mol. The Morgan fingerprint density at radius 2 is 0.716 bits per heavy atom. The zero-order chi connectivity index (χ0) is 64.8. The highest BCUT2D eigenvalue weighted by molar-refractivity contribution is 8.00. The molecule has 6 heterocycles. The Kier molecular flexibility index (Phi) is 20.3. The van der Waals surface area contributed by atoms with Gasteiger partial charge >= 0.3 is 0 Å². The van der Waals surface area contributed by atoms with Gasteiger partial charge < -0.3 is 39.5 Å². The maximum atomic E-state index is 13.2. The molecule has 3 fully saturated rings. The van der Waals surface area contributed by atoms with Crippen LogP contribution in [0.25, 0.3) is 0 Å². The van der Waals surface area contributed by atoms with E-state index in [0.29, 0.717) is 80.1 Å². The molecule has 0 atom stereocenters. The van der Waals surface area contributed by atoms with Crippen LogP contribution in [0, 0.1) is 13.8 Å². The molecule has 15 rings (SSSR count). The van der Waals surface area contributed by atoms with Gasteiger partial charge in [-0.1, -0.05) is 127 Å². The predicted octanol–water partition coefficient (Wildman–Crippen LogP) is 14.7. The molecule has 6 aliphatic rings. The molecule has 0 radical (unpaired) electrons. The molecule has 0 bridgehead atoms. The second-order valence-electron chi connectivity index (χ2n) is 24.0. The molecule has 0 unspecified atom stereocenters. The molecule has 0 aromatic heterocycles. The average molecular weight is 1320 g/mol. The number of ether oxygens (including phenoxy) is 1. The van der Waals surface area contributed by atoms with Gasteiger partial charge in [0.15, 0.2) is 11.6 Å². The summed E-state index contributed by atoms with van der Waals surface area (Å²) in [4.78, 5) is 96.2. The van der Waals surface area contributed by atoms with Gasteiger partial charge in [-0.15, -0.1) is 0 Å². The number of hydrogen-bond donors (Lipinski definition) is 1. The smallest absolute Gasteiger partial charge is 0.256 e. The lowest BCUT2D eigenvalue weighted by Crippen LogP contribution is -2.48. The van der Waals surface area contributed by atoms with Gasteiger partial charge in [0, 0.05) is 166 Å². The Morgan fingerprint density at radius 3 is 1.12 bits per heavy atom. The third-order valence-electron chi connectivity index (χ3n) is 17.9. The Bertz CT molecular complexity index is 4160. The molecule has 95 heavy (non-hydrogen) atoms. The van der Waals surface area contributed by atoms with Crippen LogP contribution in [0.5, 0.6) is 5.75 Å². The number of ketones is 2. The van der Waals surface area contributed by atoms with Gasteiger partial charge in [-0.05, 0) is 152 Å². The second-order valence-corrected chi connectivity index (χ2v) is 27.3. The fourth-order valence-corrected chi connectivity index (χ4v) is 15.7.